The van der Waals surface area contributed by atoms with Crippen LogP contribution in [0.1, 0.15) is 16.7 Å². The number of aliphatic hydroxyl groups excluding tert-OH is 1. The maximum Gasteiger partial charge on any atom is 0.137 e. The van der Waals surface area contributed by atoms with E-state index < -0.39 is 0 Å². The summed E-state index contributed by atoms with van der Waals surface area (Å²) in [7, 11) is 0. The molecule has 0 aliphatic rings. The van der Waals surface area contributed by atoms with E-state index in [9.17, 15) is 4.39 Å². The van der Waals surface area contributed by atoms with Crippen LogP contribution in [0.25, 0.3) is 0 Å². The third-order valence-electron chi connectivity index (χ3n) is 2.85. The minimum absolute atomic E-state index is 0.0614. The lowest BCUT2D eigenvalue weighted by atomic mass is 10.1. The van der Waals surface area contributed by atoms with Crippen molar-refractivity contribution in [3.05, 3.63) is 69.4 Å². The van der Waals surface area contributed by atoms with E-state index in [1.807, 2.05) is 30.3 Å². The van der Waals surface area contributed by atoms with Crippen molar-refractivity contribution in [1.82, 2.24) is 5.32 Å². The average molecular weight is 324 g/mol. The van der Waals surface area contributed by atoms with Gasteiger partial charge in [0, 0.05) is 13.1 Å². The summed E-state index contributed by atoms with van der Waals surface area (Å²) < 4.78 is 13.8. The van der Waals surface area contributed by atoms with Gasteiger partial charge in [-0.2, -0.15) is 0 Å². The van der Waals surface area contributed by atoms with Crippen molar-refractivity contribution < 1.29 is 9.50 Å². The summed E-state index contributed by atoms with van der Waals surface area (Å²) in [5.74, 6) is -0.244. The van der Waals surface area contributed by atoms with Crippen LogP contribution in [0.4, 0.5) is 4.39 Å². The van der Waals surface area contributed by atoms with Gasteiger partial charge in [0.1, 0.15) is 5.82 Å². The molecule has 2 aromatic carbocycles. The van der Waals surface area contributed by atoms with Crippen molar-refractivity contribution >= 4 is 15.9 Å². The van der Waals surface area contributed by atoms with E-state index >= 15 is 0 Å². The average Bonchev–Trinajstić information content (AvgIpc) is 2.43. The zero-order chi connectivity index (χ0) is 13.7. The summed E-state index contributed by atoms with van der Waals surface area (Å²) in [5, 5.41) is 12.2. The second-order valence-corrected chi connectivity index (χ2v) is 5.18. The summed E-state index contributed by atoms with van der Waals surface area (Å²) in [4.78, 5) is 0. The first kappa shape index (κ1) is 14.2. The highest BCUT2D eigenvalue weighted by Crippen LogP contribution is 2.16. The van der Waals surface area contributed by atoms with Crippen molar-refractivity contribution in [3.8, 4) is 0 Å². The largest absolute Gasteiger partial charge is 0.392 e. The number of aliphatic hydroxyl groups is 1. The predicted molar refractivity (Wildman–Crippen MR) is 77.0 cm³/mol. The number of nitrogens with one attached hydrogen (secondary N) is 1. The Kier molecular flexibility index (Phi) is 5.07. The van der Waals surface area contributed by atoms with Gasteiger partial charge in [0.25, 0.3) is 0 Å². The van der Waals surface area contributed by atoms with Crippen molar-refractivity contribution in [2.45, 2.75) is 19.7 Å². The molecule has 2 rings (SSSR count). The van der Waals surface area contributed by atoms with E-state index in [-0.39, 0.29) is 12.4 Å². The first-order chi connectivity index (χ1) is 9.19. The van der Waals surface area contributed by atoms with Gasteiger partial charge in [-0.3, -0.25) is 0 Å². The molecule has 0 fully saturated rings. The Morgan fingerprint density at radius 2 is 1.53 bits per heavy atom. The molecule has 2 aromatic rings. The number of halogens is 2. The van der Waals surface area contributed by atoms with Crippen LogP contribution in [-0.4, -0.2) is 5.11 Å². The van der Waals surface area contributed by atoms with Crippen LogP contribution in [0.5, 0.6) is 0 Å². The molecule has 19 heavy (non-hydrogen) atoms. The quantitative estimate of drug-likeness (QED) is 0.884. The maximum absolute atomic E-state index is 13.3. The van der Waals surface area contributed by atoms with E-state index in [0.29, 0.717) is 17.6 Å². The van der Waals surface area contributed by atoms with Crippen LogP contribution in [0, 0.1) is 5.82 Å². The minimum Gasteiger partial charge on any atom is -0.392 e. The fraction of sp³-hybridized carbons (Fsp3) is 0.200. The highest BCUT2D eigenvalue weighted by Gasteiger charge is 2.00. The molecule has 4 heteroatoms. The lowest BCUT2D eigenvalue weighted by molar-refractivity contribution is 0.282. The summed E-state index contributed by atoms with van der Waals surface area (Å²) in [6, 6.07) is 12.9. The molecule has 0 aromatic heterocycles. The van der Waals surface area contributed by atoms with Crippen LogP contribution in [0.15, 0.2) is 46.9 Å². The molecule has 0 bridgehead atoms. The van der Waals surface area contributed by atoms with Gasteiger partial charge >= 0.3 is 0 Å². The summed E-state index contributed by atoms with van der Waals surface area (Å²) in [6.07, 6.45) is 0. The highest BCUT2D eigenvalue weighted by molar-refractivity contribution is 9.10. The SMILES string of the molecule is OCc1ccc(CNCc2ccc(Br)c(F)c2)cc1. The molecular formula is C15H15BrFNO. The molecule has 0 aliphatic carbocycles. The van der Waals surface area contributed by atoms with Gasteiger partial charge < -0.3 is 10.4 Å². The minimum atomic E-state index is -0.244. The Hall–Kier alpha value is -1.23. The Bertz CT molecular complexity index is 542. The number of rotatable bonds is 5. The Labute approximate surface area is 120 Å². The standard InChI is InChI=1S/C15H15BrFNO/c16-14-6-5-13(7-15(14)17)9-18-8-11-1-3-12(10-19)4-2-11/h1-7,18-19H,8-10H2. The van der Waals surface area contributed by atoms with Crippen LogP contribution in [0.3, 0.4) is 0 Å². The third kappa shape index (κ3) is 4.13. The summed E-state index contributed by atoms with van der Waals surface area (Å²) >= 11 is 3.13. The van der Waals surface area contributed by atoms with Crippen molar-refractivity contribution in [3.63, 3.8) is 0 Å². The van der Waals surface area contributed by atoms with Crippen molar-refractivity contribution in [2.75, 3.05) is 0 Å². The van der Waals surface area contributed by atoms with Crippen molar-refractivity contribution in [2.24, 2.45) is 0 Å². The Balaban J connectivity index is 1.86. The fourth-order valence-corrected chi connectivity index (χ4v) is 2.01. The lowest BCUT2D eigenvalue weighted by Crippen LogP contribution is -2.12. The normalized spacial score (nSPS) is 10.7. The van der Waals surface area contributed by atoms with Crippen LogP contribution in [0.2, 0.25) is 0 Å². The molecule has 0 unspecified atom stereocenters. The smallest absolute Gasteiger partial charge is 0.137 e. The van der Waals surface area contributed by atoms with Gasteiger partial charge in [0.2, 0.25) is 0 Å². The topological polar surface area (TPSA) is 32.3 Å². The van der Waals surface area contributed by atoms with Crippen molar-refractivity contribution in [1.29, 1.82) is 0 Å². The highest BCUT2D eigenvalue weighted by atomic mass is 79.9. The van der Waals surface area contributed by atoms with E-state index in [1.165, 1.54) is 6.07 Å². The Morgan fingerprint density at radius 1 is 0.947 bits per heavy atom. The summed E-state index contributed by atoms with van der Waals surface area (Å²) in [5.41, 5.74) is 2.95. The summed E-state index contributed by atoms with van der Waals surface area (Å²) in [6.45, 7) is 1.39. The Morgan fingerprint density at radius 3 is 2.16 bits per heavy atom. The molecular weight excluding hydrogens is 309 g/mol. The van der Waals surface area contributed by atoms with Gasteiger partial charge in [-0.15, -0.1) is 0 Å². The first-order valence-electron chi connectivity index (χ1n) is 6.02. The zero-order valence-corrected chi connectivity index (χ0v) is 12.0. The van der Waals surface area contributed by atoms with Gasteiger partial charge in [0.15, 0.2) is 0 Å². The molecule has 2 nitrogen and oxygen atoms in total. The van der Waals surface area contributed by atoms with Gasteiger partial charge in [0.05, 0.1) is 11.1 Å². The van der Waals surface area contributed by atoms with E-state index in [2.05, 4.69) is 21.2 Å². The molecule has 0 saturated heterocycles. The molecule has 0 heterocycles. The molecule has 100 valence electrons. The van der Waals surface area contributed by atoms with E-state index in [1.54, 1.807) is 6.07 Å². The van der Waals surface area contributed by atoms with Crippen LogP contribution >= 0.6 is 15.9 Å². The maximum atomic E-state index is 13.3. The van der Waals surface area contributed by atoms with Crippen LogP contribution < -0.4 is 5.32 Å². The number of hydrogen-bond acceptors (Lipinski definition) is 2. The molecule has 0 amide bonds. The zero-order valence-electron chi connectivity index (χ0n) is 10.4. The monoisotopic (exact) mass is 323 g/mol. The predicted octanol–water partition coefficient (Wildman–Crippen LogP) is 3.37. The first-order valence-corrected chi connectivity index (χ1v) is 6.81. The second-order valence-electron chi connectivity index (χ2n) is 4.33. The van der Waals surface area contributed by atoms with E-state index in [4.69, 9.17) is 5.11 Å². The van der Waals surface area contributed by atoms with Gasteiger partial charge in [-0.05, 0) is 44.8 Å². The molecule has 2 N–H and O–H groups in total. The van der Waals surface area contributed by atoms with Gasteiger partial charge in [-0.25, -0.2) is 4.39 Å². The third-order valence-corrected chi connectivity index (χ3v) is 3.49. The molecule has 0 saturated carbocycles. The number of benzene rings is 2. The number of hydrogen-bond donors (Lipinski definition) is 2. The molecule has 0 radical (unpaired) electrons. The molecule has 0 spiro atoms. The fourth-order valence-electron chi connectivity index (χ4n) is 1.76. The second kappa shape index (κ2) is 6.80. The lowest BCUT2D eigenvalue weighted by Gasteiger charge is -2.06. The molecule has 0 aliphatic heterocycles. The molecule has 0 atom stereocenters. The van der Waals surface area contributed by atoms with Crippen LogP contribution in [-0.2, 0) is 19.7 Å². The van der Waals surface area contributed by atoms with E-state index in [0.717, 1.165) is 16.7 Å². The van der Waals surface area contributed by atoms with Gasteiger partial charge in [-0.1, -0.05) is 30.3 Å².